The fourth-order valence-electron chi connectivity index (χ4n) is 2.14. The third-order valence-electron chi connectivity index (χ3n) is 2.97. The highest BCUT2D eigenvalue weighted by atomic mass is 19.2. The molecule has 2 heteroatoms. The van der Waals surface area contributed by atoms with Crippen LogP contribution in [-0.2, 0) is 0 Å². The average molecular weight is 220 g/mol. The van der Waals surface area contributed by atoms with Crippen molar-refractivity contribution in [3.05, 3.63) is 53.1 Å². The molecule has 0 bridgehead atoms. The zero-order valence-corrected chi connectivity index (χ0v) is 9.43. The SMILES string of the molecule is CC1=CC=C(c2cccc(F)c2F)C(C)C1. The van der Waals surface area contributed by atoms with Crippen LogP contribution in [0.4, 0.5) is 8.78 Å². The van der Waals surface area contributed by atoms with Gasteiger partial charge in [0.15, 0.2) is 11.6 Å². The second kappa shape index (κ2) is 4.20. The van der Waals surface area contributed by atoms with E-state index in [9.17, 15) is 8.78 Å². The molecule has 1 unspecified atom stereocenters. The van der Waals surface area contributed by atoms with Crippen molar-refractivity contribution in [2.24, 2.45) is 5.92 Å². The summed E-state index contributed by atoms with van der Waals surface area (Å²) in [7, 11) is 0. The molecule has 0 aliphatic heterocycles. The Bertz CT molecular complexity index is 470. The first kappa shape index (κ1) is 11.1. The third kappa shape index (κ3) is 1.92. The van der Waals surface area contributed by atoms with Gasteiger partial charge in [0, 0.05) is 5.56 Å². The lowest BCUT2D eigenvalue weighted by Crippen LogP contribution is -2.06. The molecule has 0 saturated carbocycles. The highest BCUT2D eigenvalue weighted by molar-refractivity contribution is 5.70. The van der Waals surface area contributed by atoms with Crippen LogP contribution in [0.2, 0.25) is 0 Å². The van der Waals surface area contributed by atoms with E-state index < -0.39 is 11.6 Å². The van der Waals surface area contributed by atoms with Crippen molar-refractivity contribution in [2.45, 2.75) is 20.3 Å². The summed E-state index contributed by atoms with van der Waals surface area (Å²) < 4.78 is 26.7. The second-order valence-electron chi connectivity index (χ2n) is 4.34. The minimum atomic E-state index is -0.781. The minimum absolute atomic E-state index is 0.237. The zero-order valence-electron chi connectivity index (χ0n) is 9.43. The molecule has 2 rings (SSSR count). The van der Waals surface area contributed by atoms with E-state index in [4.69, 9.17) is 0 Å². The first-order valence-corrected chi connectivity index (χ1v) is 5.41. The molecule has 0 saturated heterocycles. The first-order valence-electron chi connectivity index (χ1n) is 5.41. The van der Waals surface area contributed by atoms with Gasteiger partial charge in [-0.15, -0.1) is 0 Å². The average Bonchev–Trinajstić information content (AvgIpc) is 2.23. The number of benzene rings is 1. The fourth-order valence-corrected chi connectivity index (χ4v) is 2.14. The summed E-state index contributed by atoms with van der Waals surface area (Å²) in [6, 6.07) is 4.33. The number of hydrogen-bond acceptors (Lipinski definition) is 0. The molecular formula is C14H14F2. The molecule has 0 spiro atoms. The Morgan fingerprint density at radius 2 is 1.94 bits per heavy atom. The minimum Gasteiger partial charge on any atom is -0.204 e. The van der Waals surface area contributed by atoms with Gasteiger partial charge in [0.25, 0.3) is 0 Å². The van der Waals surface area contributed by atoms with E-state index >= 15 is 0 Å². The normalized spacial score (nSPS) is 20.4. The fraction of sp³-hybridized carbons (Fsp3) is 0.286. The number of hydrogen-bond donors (Lipinski definition) is 0. The van der Waals surface area contributed by atoms with Crippen LogP contribution in [-0.4, -0.2) is 0 Å². The quantitative estimate of drug-likeness (QED) is 0.660. The van der Waals surface area contributed by atoms with Crippen LogP contribution in [0.1, 0.15) is 25.8 Å². The topological polar surface area (TPSA) is 0 Å². The molecule has 1 aliphatic rings. The van der Waals surface area contributed by atoms with Gasteiger partial charge >= 0.3 is 0 Å². The summed E-state index contributed by atoms with van der Waals surface area (Å²) >= 11 is 0. The number of allylic oxidation sites excluding steroid dienone is 4. The van der Waals surface area contributed by atoms with Crippen molar-refractivity contribution >= 4 is 5.57 Å². The second-order valence-corrected chi connectivity index (χ2v) is 4.34. The van der Waals surface area contributed by atoms with Gasteiger partial charge in [0.05, 0.1) is 0 Å². The van der Waals surface area contributed by atoms with Gasteiger partial charge in [0.1, 0.15) is 0 Å². The van der Waals surface area contributed by atoms with Crippen molar-refractivity contribution in [1.82, 2.24) is 0 Å². The molecule has 16 heavy (non-hydrogen) atoms. The van der Waals surface area contributed by atoms with Gasteiger partial charge < -0.3 is 0 Å². The van der Waals surface area contributed by atoms with Crippen molar-refractivity contribution in [1.29, 1.82) is 0 Å². The predicted octanol–water partition coefficient (Wildman–Crippen LogP) is 4.33. The van der Waals surface area contributed by atoms with E-state index in [0.717, 1.165) is 18.1 Å². The monoisotopic (exact) mass is 220 g/mol. The maximum absolute atomic E-state index is 13.6. The smallest absolute Gasteiger partial charge is 0.166 e. The summed E-state index contributed by atoms with van der Waals surface area (Å²) in [4.78, 5) is 0. The lowest BCUT2D eigenvalue weighted by Gasteiger charge is -2.20. The molecule has 0 amide bonds. The molecule has 1 aromatic rings. The summed E-state index contributed by atoms with van der Waals surface area (Å²) in [5.41, 5.74) is 2.53. The maximum atomic E-state index is 13.6. The molecule has 0 heterocycles. The Morgan fingerprint density at radius 3 is 2.62 bits per heavy atom. The molecule has 0 nitrogen and oxygen atoms in total. The van der Waals surface area contributed by atoms with Gasteiger partial charge in [-0.3, -0.25) is 0 Å². The molecule has 1 atom stereocenters. The molecule has 84 valence electrons. The predicted molar refractivity (Wildman–Crippen MR) is 61.9 cm³/mol. The van der Waals surface area contributed by atoms with Crippen LogP contribution in [0, 0.1) is 17.6 Å². The first-order chi connectivity index (χ1) is 7.59. The van der Waals surface area contributed by atoms with Gasteiger partial charge in [-0.2, -0.15) is 0 Å². The van der Waals surface area contributed by atoms with Crippen molar-refractivity contribution in [2.75, 3.05) is 0 Å². The largest absolute Gasteiger partial charge is 0.204 e. The van der Waals surface area contributed by atoms with Gasteiger partial charge in [-0.05, 0) is 30.9 Å². The van der Waals surface area contributed by atoms with Crippen molar-refractivity contribution in [3.8, 4) is 0 Å². The van der Waals surface area contributed by atoms with E-state index in [-0.39, 0.29) is 5.92 Å². The number of halogens is 2. The van der Waals surface area contributed by atoms with E-state index in [1.54, 1.807) is 12.1 Å². The highest BCUT2D eigenvalue weighted by Crippen LogP contribution is 2.33. The molecule has 0 N–H and O–H groups in total. The summed E-state index contributed by atoms with van der Waals surface area (Å²) in [5.74, 6) is -1.29. The van der Waals surface area contributed by atoms with Gasteiger partial charge in [-0.25, -0.2) is 8.78 Å². The Labute approximate surface area is 94.3 Å². The Hall–Kier alpha value is -1.44. The lowest BCUT2D eigenvalue weighted by atomic mass is 9.85. The van der Waals surface area contributed by atoms with E-state index in [1.807, 2.05) is 26.0 Å². The molecular weight excluding hydrogens is 206 g/mol. The molecule has 0 radical (unpaired) electrons. The van der Waals surface area contributed by atoms with E-state index in [0.29, 0.717) is 5.56 Å². The third-order valence-corrected chi connectivity index (χ3v) is 2.97. The van der Waals surface area contributed by atoms with Gasteiger partial charge in [0.2, 0.25) is 0 Å². The Kier molecular flexibility index (Phi) is 2.90. The van der Waals surface area contributed by atoms with E-state index in [2.05, 4.69) is 0 Å². The maximum Gasteiger partial charge on any atom is 0.166 e. The standard InChI is InChI=1S/C14H14F2/c1-9-6-7-11(10(2)8-9)12-4-3-5-13(15)14(12)16/h3-7,10H,8H2,1-2H3. The molecule has 0 aromatic heterocycles. The van der Waals surface area contributed by atoms with E-state index in [1.165, 1.54) is 5.57 Å². The Balaban J connectivity index is 2.49. The summed E-state index contributed by atoms with van der Waals surface area (Å²) in [6.45, 7) is 4.08. The summed E-state index contributed by atoms with van der Waals surface area (Å²) in [6.07, 6.45) is 4.77. The van der Waals surface area contributed by atoms with Crippen molar-refractivity contribution in [3.63, 3.8) is 0 Å². The van der Waals surface area contributed by atoms with Gasteiger partial charge in [-0.1, -0.05) is 36.8 Å². The van der Waals surface area contributed by atoms with Crippen molar-refractivity contribution < 1.29 is 8.78 Å². The summed E-state index contributed by atoms with van der Waals surface area (Å²) in [5, 5.41) is 0. The lowest BCUT2D eigenvalue weighted by molar-refractivity contribution is 0.504. The number of rotatable bonds is 1. The van der Waals surface area contributed by atoms with Crippen LogP contribution >= 0.6 is 0 Å². The van der Waals surface area contributed by atoms with Crippen LogP contribution in [0.5, 0.6) is 0 Å². The van der Waals surface area contributed by atoms with Crippen LogP contribution < -0.4 is 0 Å². The van der Waals surface area contributed by atoms with Crippen LogP contribution in [0.3, 0.4) is 0 Å². The molecule has 1 aliphatic carbocycles. The van der Waals surface area contributed by atoms with Crippen LogP contribution in [0.15, 0.2) is 35.9 Å². The highest BCUT2D eigenvalue weighted by Gasteiger charge is 2.19. The van der Waals surface area contributed by atoms with Crippen LogP contribution in [0.25, 0.3) is 5.57 Å². The molecule has 0 fully saturated rings. The Morgan fingerprint density at radius 1 is 1.19 bits per heavy atom. The zero-order chi connectivity index (χ0) is 11.7. The molecule has 1 aromatic carbocycles.